The monoisotopic (exact) mass is 281 g/mol. The lowest BCUT2D eigenvalue weighted by molar-refractivity contribution is -0.138. The highest BCUT2D eigenvalue weighted by Gasteiger charge is 2.18. The average molecular weight is 281 g/mol. The Morgan fingerprint density at radius 3 is 2.19 bits per heavy atom. The molecule has 0 aromatic heterocycles. The van der Waals surface area contributed by atoms with Crippen molar-refractivity contribution in [3.8, 4) is 0 Å². The molecule has 3 nitrogen and oxygen atoms in total. The highest BCUT2D eigenvalue weighted by Crippen LogP contribution is 2.24. The predicted molar refractivity (Wildman–Crippen MR) is 81.9 cm³/mol. The second kappa shape index (κ2) is 5.70. The number of rotatable bonds is 4. The number of carboxylic acid groups (broad SMARTS) is 1. The van der Waals surface area contributed by atoms with Crippen LogP contribution < -0.4 is 0 Å². The maximum absolute atomic E-state index is 11.0. The Kier molecular flexibility index (Phi) is 3.76. The Labute approximate surface area is 124 Å². The Hall–Kier alpha value is -2.13. The van der Waals surface area contributed by atoms with E-state index in [0.29, 0.717) is 0 Å². The third kappa shape index (κ3) is 2.98. The minimum absolute atomic E-state index is 0.449. The molecule has 0 saturated heterocycles. The van der Waals surface area contributed by atoms with Crippen LogP contribution in [0.2, 0.25) is 0 Å². The Bertz CT molecular complexity index is 624. The number of benzene rings is 2. The number of hydrogen-bond donors (Lipinski definition) is 1. The van der Waals surface area contributed by atoms with E-state index in [9.17, 15) is 4.79 Å². The van der Waals surface area contributed by atoms with E-state index in [-0.39, 0.29) is 0 Å². The van der Waals surface area contributed by atoms with Gasteiger partial charge in [-0.05, 0) is 29.2 Å². The lowest BCUT2D eigenvalue weighted by Crippen LogP contribution is -2.15. The SMILES string of the molecule is CC(C(=O)O)c1ccc(CN2Cc3ccccc3C2)cc1. The third-order valence-corrected chi connectivity index (χ3v) is 4.16. The molecule has 3 rings (SSSR count). The summed E-state index contributed by atoms with van der Waals surface area (Å²) in [5, 5.41) is 9.03. The van der Waals surface area contributed by atoms with Crippen LogP contribution in [0.25, 0.3) is 0 Å². The van der Waals surface area contributed by atoms with Crippen LogP contribution in [0.1, 0.15) is 35.1 Å². The molecule has 0 aliphatic carbocycles. The molecule has 3 heteroatoms. The summed E-state index contributed by atoms with van der Waals surface area (Å²) >= 11 is 0. The smallest absolute Gasteiger partial charge is 0.310 e. The number of carbonyl (C=O) groups is 1. The Morgan fingerprint density at radius 2 is 1.67 bits per heavy atom. The molecule has 0 spiro atoms. The molecule has 2 aromatic carbocycles. The molecule has 1 heterocycles. The van der Waals surface area contributed by atoms with Crippen LogP contribution >= 0.6 is 0 Å². The number of carboxylic acids is 1. The van der Waals surface area contributed by atoms with Gasteiger partial charge in [0.2, 0.25) is 0 Å². The zero-order valence-electron chi connectivity index (χ0n) is 12.1. The van der Waals surface area contributed by atoms with Crippen LogP contribution in [-0.4, -0.2) is 16.0 Å². The number of nitrogens with zero attached hydrogens (tertiary/aromatic N) is 1. The van der Waals surface area contributed by atoms with Crippen molar-refractivity contribution in [1.29, 1.82) is 0 Å². The van der Waals surface area contributed by atoms with Crippen molar-refractivity contribution in [2.24, 2.45) is 0 Å². The fourth-order valence-corrected chi connectivity index (χ4v) is 2.83. The van der Waals surface area contributed by atoms with Crippen molar-refractivity contribution in [3.05, 3.63) is 70.8 Å². The molecule has 1 aliphatic rings. The molecule has 0 bridgehead atoms. The highest BCUT2D eigenvalue weighted by atomic mass is 16.4. The van der Waals surface area contributed by atoms with E-state index in [2.05, 4.69) is 29.2 Å². The van der Waals surface area contributed by atoms with Crippen LogP contribution in [0, 0.1) is 0 Å². The minimum atomic E-state index is -0.780. The molecule has 108 valence electrons. The van der Waals surface area contributed by atoms with E-state index in [1.54, 1.807) is 6.92 Å². The van der Waals surface area contributed by atoms with E-state index < -0.39 is 11.9 Å². The van der Waals surface area contributed by atoms with Gasteiger partial charge in [0.25, 0.3) is 0 Å². The molecule has 1 N–H and O–H groups in total. The van der Waals surface area contributed by atoms with Gasteiger partial charge in [0, 0.05) is 19.6 Å². The van der Waals surface area contributed by atoms with Crippen molar-refractivity contribution >= 4 is 5.97 Å². The zero-order valence-corrected chi connectivity index (χ0v) is 12.1. The van der Waals surface area contributed by atoms with Gasteiger partial charge in [0.15, 0.2) is 0 Å². The second-order valence-electron chi connectivity index (χ2n) is 5.72. The minimum Gasteiger partial charge on any atom is -0.481 e. The Morgan fingerprint density at radius 1 is 1.10 bits per heavy atom. The summed E-state index contributed by atoms with van der Waals surface area (Å²) in [4.78, 5) is 13.4. The summed E-state index contributed by atoms with van der Waals surface area (Å²) in [5.74, 6) is -1.23. The molecule has 0 radical (unpaired) electrons. The summed E-state index contributed by atoms with van der Waals surface area (Å²) in [6, 6.07) is 16.5. The Balaban J connectivity index is 1.66. The van der Waals surface area contributed by atoms with Crippen LogP contribution in [0.3, 0.4) is 0 Å². The quantitative estimate of drug-likeness (QED) is 0.934. The van der Waals surface area contributed by atoms with E-state index in [4.69, 9.17) is 5.11 Å². The van der Waals surface area contributed by atoms with Gasteiger partial charge in [0.05, 0.1) is 5.92 Å². The summed E-state index contributed by atoms with van der Waals surface area (Å²) in [6.07, 6.45) is 0. The average Bonchev–Trinajstić information content (AvgIpc) is 2.89. The maximum Gasteiger partial charge on any atom is 0.310 e. The lowest BCUT2D eigenvalue weighted by atomic mass is 10.00. The lowest BCUT2D eigenvalue weighted by Gasteiger charge is -2.15. The third-order valence-electron chi connectivity index (χ3n) is 4.16. The zero-order chi connectivity index (χ0) is 14.8. The van der Waals surface area contributed by atoms with E-state index in [0.717, 1.165) is 25.2 Å². The van der Waals surface area contributed by atoms with E-state index in [1.807, 2.05) is 24.3 Å². The second-order valence-corrected chi connectivity index (χ2v) is 5.72. The largest absolute Gasteiger partial charge is 0.481 e. The topological polar surface area (TPSA) is 40.5 Å². The van der Waals surface area contributed by atoms with Gasteiger partial charge in [-0.2, -0.15) is 0 Å². The van der Waals surface area contributed by atoms with Crippen LogP contribution in [0.5, 0.6) is 0 Å². The molecule has 1 atom stereocenters. The molecule has 21 heavy (non-hydrogen) atoms. The first kappa shape index (κ1) is 13.8. The number of hydrogen-bond acceptors (Lipinski definition) is 2. The first-order chi connectivity index (χ1) is 10.1. The van der Waals surface area contributed by atoms with Crippen molar-refractivity contribution in [2.45, 2.75) is 32.5 Å². The van der Waals surface area contributed by atoms with Crippen molar-refractivity contribution in [2.75, 3.05) is 0 Å². The standard InChI is InChI=1S/C18H19NO2/c1-13(18(20)21)15-8-6-14(7-9-15)10-19-11-16-4-2-3-5-17(16)12-19/h2-9,13H,10-12H2,1H3,(H,20,21). The summed E-state index contributed by atoms with van der Waals surface area (Å²) < 4.78 is 0. The number of aliphatic carboxylic acids is 1. The molecule has 0 amide bonds. The van der Waals surface area contributed by atoms with Gasteiger partial charge in [-0.1, -0.05) is 48.5 Å². The molecule has 1 aliphatic heterocycles. The van der Waals surface area contributed by atoms with E-state index in [1.165, 1.54) is 16.7 Å². The normalized spacial score (nSPS) is 15.7. The first-order valence-corrected chi connectivity index (χ1v) is 7.24. The van der Waals surface area contributed by atoms with Gasteiger partial charge >= 0.3 is 5.97 Å². The highest BCUT2D eigenvalue weighted by molar-refractivity contribution is 5.75. The predicted octanol–water partition coefficient (Wildman–Crippen LogP) is 3.39. The van der Waals surface area contributed by atoms with Gasteiger partial charge in [-0.15, -0.1) is 0 Å². The van der Waals surface area contributed by atoms with Crippen molar-refractivity contribution in [1.82, 2.24) is 4.90 Å². The summed E-state index contributed by atoms with van der Waals surface area (Å²) in [6.45, 7) is 4.60. The molecular formula is C18H19NO2. The van der Waals surface area contributed by atoms with Gasteiger partial charge in [-0.25, -0.2) is 0 Å². The van der Waals surface area contributed by atoms with Gasteiger partial charge in [-0.3, -0.25) is 9.69 Å². The first-order valence-electron chi connectivity index (χ1n) is 7.24. The number of fused-ring (bicyclic) bond motifs is 1. The molecule has 1 unspecified atom stereocenters. The molecule has 0 saturated carbocycles. The van der Waals surface area contributed by atoms with E-state index >= 15 is 0 Å². The van der Waals surface area contributed by atoms with Crippen LogP contribution in [0.15, 0.2) is 48.5 Å². The van der Waals surface area contributed by atoms with Crippen molar-refractivity contribution in [3.63, 3.8) is 0 Å². The molecule has 2 aromatic rings. The molecular weight excluding hydrogens is 262 g/mol. The van der Waals surface area contributed by atoms with Crippen LogP contribution in [-0.2, 0) is 24.4 Å². The van der Waals surface area contributed by atoms with Crippen molar-refractivity contribution < 1.29 is 9.90 Å². The van der Waals surface area contributed by atoms with Gasteiger partial charge in [0.1, 0.15) is 0 Å². The van der Waals surface area contributed by atoms with Gasteiger partial charge < -0.3 is 5.11 Å². The molecule has 0 fully saturated rings. The summed E-state index contributed by atoms with van der Waals surface area (Å²) in [5.41, 5.74) is 4.90. The summed E-state index contributed by atoms with van der Waals surface area (Å²) in [7, 11) is 0. The maximum atomic E-state index is 11.0. The van der Waals surface area contributed by atoms with Crippen LogP contribution in [0.4, 0.5) is 0 Å². The fourth-order valence-electron chi connectivity index (χ4n) is 2.83. The fraction of sp³-hybridized carbons (Fsp3) is 0.278.